The fourth-order valence-electron chi connectivity index (χ4n) is 1.89. The van der Waals surface area contributed by atoms with Gasteiger partial charge in [0, 0.05) is 6.92 Å². The van der Waals surface area contributed by atoms with E-state index in [0.29, 0.717) is 5.90 Å². The van der Waals surface area contributed by atoms with Crippen molar-refractivity contribution in [2.75, 3.05) is 14.2 Å². The number of methoxy groups -OCH3 is 2. The Morgan fingerprint density at radius 1 is 1.28 bits per heavy atom. The molecule has 0 aliphatic carbocycles. The van der Waals surface area contributed by atoms with Crippen molar-refractivity contribution in [1.82, 2.24) is 0 Å². The lowest BCUT2D eigenvalue weighted by atomic mass is 10.0. The van der Waals surface area contributed by atoms with Crippen LogP contribution in [0.3, 0.4) is 0 Å². The molecule has 18 heavy (non-hydrogen) atoms. The summed E-state index contributed by atoms with van der Waals surface area (Å²) in [4.78, 5) is 15.9. The molecule has 96 valence electrons. The van der Waals surface area contributed by atoms with Crippen LogP contribution in [0.15, 0.2) is 29.3 Å². The first kappa shape index (κ1) is 12.4. The van der Waals surface area contributed by atoms with Gasteiger partial charge in [-0.05, 0) is 17.7 Å². The van der Waals surface area contributed by atoms with Gasteiger partial charge in [0.1, 0.15) is 11.8 Å². The Labute approximate surface area is 105 Å². The molecule has 1 aliphatic heterocycles. The third-order valence-electron chi connectivity index (χ3n) is 2.80. The molecule has 0 fully saturated rings. The van der Waals surface area contributed by atoms with Crippen molar-refractivity contribution in [3.8, 4) is 5.75 Å². The number of nitrogens with zero attached hydrogens (tertiary/aromatic N) is 1. The lowest BCUT2D eigenvalue weighted by Gasteiger charge is -2.15. The van der Waals surface area contributed by atoms with Crippen LogP contribution in [-0.4, -0.2) is 32.2 Å². The molecule has 0 spiro atoms. The van der Waals surface area contributed by atoms with Crippen molar-refractivity contribution < 1.29 is 19.0 Å². The first-order chi connectivity index (χ1) is 8.65. The van der Waals surface area contributed by atoms with E-state index < -0.39 is 12.1 Å². The second-order valence-electron chi connectivity index (χ2n) is 3.93. The number of benzene rings is 1. The molecule has 0 bridgehead atoms. The lowest BCUT2D eigenvalue weighted by molar-refractivity contribution is -0.149. The predicted octanol–water partition coefficient (Wildman–Crippen LogP) is 1.73. The quantitative estimate of drug-likeness (QED) is 0.765. The monoisotopic (exact) mass is 249 g/mol. The smallest absolute Gasteiger partial charge is 0.349 e. The van der Waals surface area contributed by atoms with Gasteiger partial charge in [-0.2, -0.15) is 0 Å². The van der Waals surface area contributed by atoms with Crippen LogP contribution in [0.2, 0.25) is 0 Å². The SMILES string of the molecule is COC(=O)[C@@H]1OC(C)=N[C@@H]1c1ccc(OC)cc1. The van der Waals surface area contributed by atoms with Crippen LogP contribution in [0.1, 0.15) is 18.5 Å². The molecule has 0 radical (unpaired) electrons. The second kappa shape index (κ2) is 5.08. The van der Waals surface area contributed by atoms with Gasteiger partial charge in [0.2, 0.25) is 6.10 Å². The molecule has 1 aromatic rings. The predicted molar refractivity (Wildman–Crippen MR) is 65.7 cm³/mol. The summed E-state index contributed by atoms with van der Waals surface area (Å²) in [7, 11) is 2.94. The Bertz CT molecular complexity index is 466. The Kier molecular flexibility index (Phi) is 3.50. The van der Waals surface area contributed by atoms with Gasteiger partial charge in [-0.1, -0.05) is 12.1 Å². The number of esters is 1. The van der Waals surface area contributed by atoms with Crippen molar-refractivity contribution in [3.05, 3.63) is 29.8 Å². The molecule has 5 nitrogen and oxygen atoms in total. The first-order valence-electron chi connectivity index (χ1n) is 5.58. The minimum Gasteiger partial charge on any atom is -0.497 e. The van der Waals surface area contributed by atoms with Crippen molar-refractivity contribution in [3.63, 3.8) is 0 Å². The van der Waals surface area contributed by atoms with Crippen LogP contribution < -0.4 is 4.74 Å². The molecule has 1 aliphatic rings. The summed E-state index contributed by atoms with van der Waals surface area (Å²) in [6.07, 6.45) is -0.705. The van der Waals surface area contributed by atoms with Gasteiger partial charge in [0.05, 0.1) is 14.2 Å². The molecule has 2 rings (SSSR count). The van der Waals surface area contributed by atoms with Gasteiger partial charge in [-0.3, -0.25) is 0 Å². The number of aliphatic imine (C=N–C) groups is 1. The van der Waals surface area contributed by atoms with E-state index in [9.17, 15) is 4.79 Å². The molecule has 0 N–H and O–H groups in total. The van der Waals surface area contributed by atoms with Gasteiger partial charge in [0.25, 0.3) is 0 Å². The Balaban J connectivity index is 2.25. The van der Waals surface area contributed by atoms with Crippen molar-refractivity contribution in [2.24, 2.45) is 4.99 Å². The number of hydrogen-bond donors (Lipinski definition) is 0. The summed E-state index contributed by atoms with van der Waals surface area (Å²) in [5.41, 5.74) is 0.892. The zero-order valence-corrected chi connectivity index (χ0v) is 10.5. The van der Waals surface area contributed by atoms with E-state index in [-0.39, 0.29) is 6.04 Å². The van der Waals surface area contributed by atoms with E-state index in [1.165, 1.54) is 7.11 Å². The molecule has 0 saturated carbocycles. The maximum absolute atomic E-state index is 11.6. The largest absolute Gasteiger partial charge is 0.497 e. The molecule has 2 atom stereocenters. The maximum atomic E-state index is 11.6. The van der Waals surface area contributed by atoms with E-state index >= 15 is 0 Å². The third kappa shape index (κ3) is 2.30. The van der Waals surface area contributed by atoms with Crippen LogP contribution in [0.4, 0.5) is 0 Å². The highest BCUT2D eigenvalue weighted by atomic mass is 16.6. The molecule has 5 heteroatoms. The fourth-order valence-corrected chi connectivity index (χ4v) is 1.89. The number of carbonyl (C=O) groups is 1. The number of hydrogen-bond acceptors (Lipinski definition) is 5. The minimum atomic E-state index is -0.705. The van der Waals surface area contributed by atoms with E-state index in [0.717, 1.165) is 11.3 Å². The molecule has 0 aromatic heterocycles. The van der Waals surface area contributed by atoms with Gasteiger partial charge in [0.15, 0.2) is 5.90 Å². The zero-order chi connectivity index (χ0) is 13.1. The summed E-state index contributed by atoms with van der Waals surface area (Å²) in [6, 6.07) is 7.03. The van der Waals surface area contributed by atoms with Crippen LogP contribution in [0.25, 0.3) is 0 Å². The molecular formula is C13H15NO4. The van der Waals surface area contributed by atoms with Crippen LogP contribution >= 0.6 is 0 Å². The Hall–Kier alpha value is -2.04. The second-order valence-corrected chi connectivity index (χ2v) is 3.93. The van der Waals surface area contributed by atoms with Crippen molar-refractivity contribution in [2.45, 2.75) is 19.1 Å². The van der Waals surface area contributed by atoms with Crippen LogP contribution in [0.5, 0.6) is 5.75 Å². The highest BCUT2D eigenvalue weighted by Gasteiger charge is 2.37. The van der Waals surface area contributed by atoms with Gasteiger partial charge < -0.3 is 14.2 Å². The lowest BCUT2D eigenvalue weighted by Crippen LogP contribution is -2.28. The van der Waals surface area contributed by atoms with Crippen LogP contribution in [0, 0.1) is 0 Å². The van der Waals surface area contributed by atoms with Gasteiger partial charge in [-0.15, -0.1) is 0 Å². The normalized spacial score (nSPS) is 22.1. The third-order valence-corrected chi connectivity index (χ3v) is 2.80. The number of rotatable bonds is 3. The van der Waals surface area contributed by atoms with E-state index in [1.54, 1.807) is 14.0 Å². The van der Waals surface area contributed by atoms with E-state index in [1.807, 2.05) is 24.3 Å². The number of ether oxygens (including phenoxy) is 3. The summed E-state index contributed by atoms with van der Waals surface area (Å²) >= 11 is 0. The summed E-state index contributed by atoms with van der Waals surface area (Å²) in [5.74, 6) is 0.829. The molecular weight excluding hydrogens is 234 g/mol. The molecule has 1 aromatic carbocycles. The van der Waals surface area contributed by atoms with Crippen molar-refractivity contribution >= 4 is 11.9 Å². The Morgan fingerprint density at radius 2 is 1.94 bits per heavy atom. The van der Waals surface area contributed by atoms with Crippen molar-refractivity contribution in [1.29, 1.82) is 0 Å². The van der Waals surface area contributed by atoms with Gasteiger partial charge >= 0.3 is 5.97 Å². The number of carbonyl (C=O) groups excluding carboxylic acids is 1. The zero-order valence-electron chi connectivity index (χ0n) is 10.5. The van der Waals surface area contributed by atoms with Crippen LogP contribution in [-0.2, 0) is 14.3 Å². The first-order valence-corrected chi connectivity index (χ1v) is 5.58. The van der Waals surface area contributed by atoms with E-state index in [4.69, 9.17) is 14.2 Å². The standard InChI is InChI=1S/C13H15NO4/c1-8-14-11(12(18-8)13(15)17-3)9-4-6-10(16-2)7-5-9/h4-7,11-12H,1-3H3/t11-,12-/m1/s1. The fraction of sp³-hybridized carbons (Fsp3) is 0.385. The average Bonchev–Trinajstić information content (AvgIpc) is 2.80. The average molecular weight is 249 g/mol. The minimum absolute atomic E-state index is 0.358. The molecule has 0 amide bonds. The van der Waals surface area contributed by atoms with Gasteiger partial charge in [-0.25, -0.2) is 9.79 Å². The summed E-state index contributed by atoms with van der Waals surface area (Å²) in [6.45, 7) is 1.72. The molecule has 0 saturated heterocycles. The summed E-state index contributed by atoms with van der Waals surface area (Å²) < 4.78 is 15.2. The highest BCUT2D eigenvalue weighted by molar-refractivity contribution is 5.84. The maximum Gasteiger partial charge on any atom is 0.349 e. The van der Waals surface area contributed by atoms with E-state index in [2.05, 4.69) is 4.99 Å². The summed E-state index contributed by atoms with van der Waals surface area (Å²) in [5, 5.41) is 0. The molecule has 0 unspecified atom stereocenters. The Morgan fingerprint density at radius 3 is 2.50 bits per heavy atom. The topological polar surface area (TPSA) is 57.1 Å². The highest BCUT2D eigenvalue weighted by Crippen LogP contribution is 2.30. The molecule has 1 heterocycles.